The fourth-order valence-corrected chi connectivity index (χ4v) is 1.70. The van der Waals surface area contributed by atoms with Crippen molar-refractivity contribution < 1.29 is 0 Å². The fourth-order valence-electron chi connectivity index (χ4n) is 1.70. The van der Waals surface area contributed by atoms with Crippen molar-refractivity contribution >= 4 is 5.95 Å². The Morgan fingerprint density at radius 2 is 1.95 bits per heavy atom. The Bertz CT molecular complexity index is 388. The van der Waals surface area contributed by atoms with Gasteiger partial charge in [-0.15, -0.1) is 0 Å². The Hall–Kier alpha value is -1.16. The summed E-state index contributed by atoms with van der Waals surface area (Å²) in [6.45, 7) is 12.6. The highest BCUT2D eigenvalue weighted by atomic mass is 15.2. The molecule has 0 saturated carbocycles. The summed E-state index contributed by atoms with van der Waals surface area (Å²) in [5.41, 5.74) is 2.24. The van der Waals surface area contributed by atoms with Crippen LogP contribution in [0.15, 0.2) is 6.20 Å². The van der Waals surface area contributed by atoms with Crippen molar-refractivity contribution in [3.63, 3.8) is 0 Å². The monoisotopic (exact) mass is 264 g/mol. The minimum absolute atomic E-state index is 0.479. The summed E-state index contributed by atoms with van der Waals surface area (Å²) >= 11 is 0. The summed E-state index contributed by atoms with van der Waals surface area (Å²) in [7, 11) is 2.06. The van der Waals surface area contributed by atoms with Crippen molar-refractivity contribution in [2.45, 2.75) is 53.6 Å². The Morgan fingerprint density at radius 3 is 2.47 bits per heavy atom. The molecule has 108 valence electrons. The van der Waals surface area contributed by atoms with E-state index in [1.807, 2.05) is 6.20 Å². The first-order valence-electron chi connectivity index (χ1n) is 7.17. The average Bonchev–Trinajstić information content (AvgIpc) is 2.34. The summed E-state index contributed by atoms with van der Waals surface area (Å²) in [6, 6.07) is 0.479. The Labute approximate surface area is 117 Å². The lowest BCUT2D eigenvalue weighted by atomic mass is 10.1. The molecule has 0 aliphatic carbocycles. The molecule has 0 unspecified atom stereocenters. The topological polar surface area (TPSA) is 41.1 Å². The van der Waals surface area contributed by atoms with Gasteiger partial charge in [0, 0.05) is 43.6 Å². The van der Waals surface area contributed by atoms with Crippen LogP contribution in [-0.4, -0.2) is 29.6 Å². The minimum atomic E-state index is 0.479. The molecule has 0 saturated heterocycles. The first kappa shape index (κ1) is 15.9. The average molecular weight is 264 g/mol. The van der Waals surface area contributed by atoms with E-state index in [4.69, 9.17) is 0 Å². The first-order valence-corrected chi connectivity index (χ1v) is 7.17. The minimum Gasteiger partial charge on any atom is -0.344 e. The number of hydrogen-bond donors (Lipinski definition) is 1. The van der Waals surface area contributed by atoms with Gasteiger partial charge >= 0.3 is 0 Å². The second kappa shape index (κ2) is 7.43. The zero-order valence-corrected chi connectivity index (χ0v) is 13.2. The van der Waals surface area contributed by atoms with E-state index in [9.17, 15) is 0 Å². The lowest BCUT2D eigenvalue weighted by Crippen LogP contribution is -2.25. The van der Waals surface area contributed by atoms with Crippen LogP contribution in [0.1, 0.15) is 45.4 Å². The standard InChI is InChI=1S/C15H28N4/c1-11(2)7-8-19(6)15-17-10-14(13(5)18-15)9-16-12(3)4/h10-12,16H,7-9H2,1-6H3. The predicted molar refractivity (Wildman–Crippen MR) is 81.5 cm³/mol. The number of nitrogens with zero attached hydrogens (tertiary/aromatic N) is 3. The molecule has 1 heterocycles. The van der Waals surface area contributed by atoms with Crippen molar-refractivity contribution in [1.29, 1.82) is 0 Å². The van der Waals surface area contributed by atoms with Gasteiger partial charge in [0.05, 0.1) is 0 Å². The maximum atomic E-state index is 4.60. The van der Waals surface area contributed by atoms with Gasteiger partial charge in [0.1, 0.15) is 0 Å². The van der Waals surface area contributed by atoms with Gasteiger partial charge < -0.3 is 10.2 Å². The maximum Gasteiger partial charge on any atom is 0.225 e. The van der Waals surface area contributed by atoms with Crippen LogP contribution in [-0.2, 0) is 6.54 Å². The van der Waals surface area contributed by atoms with Gasteiger partial charge in [0.25, 0.3) is 0 Å². The molecule has 1 aromatic heterocycles. The van der Waals surface area contributed by atoms with Crippen molar-refractivity contribution in [1.82, 2.24) is 15.3 Å². The quantitative estimate of drug-likeness (QED) is 0.822. The SMILES string of the molecule is Cc1nc(N(C)CCC(C)C)ncc1CNC(C)C. The summed E-state index contributed by atoms with van der Waals surface area (Å²) in [4.78, 5) is 11.2. The molecule has 0 fully saturated rings. The van der Waals surface area contributed by atoms with Crippen molar-refractivity contribution in [3.8, 4) is 0 Å². The van der Waals surface area contributed by atoms with Crippen LogP contribution in [0.25, 0.3) is 0 Å². The van der Waals surface area contributed by atoms with Crippen LogP contribution in [0.5, 0.6) is 0 Å². The van der Waals surface area contributed by atoms with Gasteiger partial charge in [-0.2, -0.15) is 0 Å². The molecule has 4 nitrogen and oxygen atoms in total. The van der Waals surface area contributed by atoms with E-state index in [-0.39, 0.29) is 0 Å². The molecule has 0 bridgehead atoms. The lowest BCUT2D eigenvalue weighted by molar-refractivity contribution is 0.577. The second-order valence-electron chi connectivity index (χ2n) is 5.92. The third kappa shape index (κ3) is 5.55. The molecule has 1 aromatic rings. The molecule has 0 radical (unpaired) electrons. The molecule has 0 aromatic carbocycles. The molecule has 1 N–H and O–H groups in total. The van der Waals surface area contributed by atoms with E-state index in [1.54, 1.807) is 0 Å². The molecule has 1 rings (SSSR count). The van der Waals surface area contributed by atoms with E-state index in [0.717, 1.165) is 31.2 Å². The third-order valence-electron chi connectivity index (χ3n) is 3.15. The highest BCUT2D eigenvalue weighted by Crippen LogP contribution is 2.11. The van der Waals surface area contributed by atoms with Crippen LogP contribution in [0.2, 0.25) is 0 Å². The van der Waals surface area contributed by atoms with Crippen LogP contribution in [0, 0.1) is 12.8 Å². The van der Waals surface area contributed by atoms with Gasteiger partial charge in [-0.1, -0.05) is 27.7 Å². The van der Waals surface area contributed by atoms with Crippen LogP contribution in [0.4, 0.5) is 5.95 Å². The Balaban J connectivity index is 2.65. The van der Waals surface area contributed by atoms with Gasteiger partial charge in [-0.25, -0.2) is 9.97 Å². The van der Waals surface area contributed by atoms with E-state index >= 15 is 0 Å². The highest BCUT2D eigenvalue weighted by molar-refractivity contribution is 5.31. The smallest absolute Gasteiger partial charge is 0.225 e. The summed E-state index contributed by atoms with van der Waals surface area (Å²) in [6.07, 6.45) is 3.11. The van der Waals surface area contributed by atoms with E-state index < -0.39 is 0 Å². The number of aryl methyl sites for hydroxylation is 1. The molecule has 0 atom stereocenters. The predicted octanol–water partition coefficient (Wildman–Crippen LogP) is 2.77. The first-order chi connectivity index (χ1) is 8.90. The van der Waals surface area contributed by atoms with Crippen molar-refractivity contribution in [3.05, 3.63) is 17.5 Å². The Morgan fingerprint density at radius 1 is 1.26 bits per heavy atom. The lowest BCUT2D eigenvalue weighted by Gasteiger charge is -2.19. The number of nitrogens with one attached hydrogen (secondary N) is 1. The zero-order chi connectivity index (χ0) is 14.4. The molecule has 19 heavy (non-hydrogen) atoms. The number of hydrogen-bond acceptors (Lipinski definition) is 4. The highest BCUT2D eigenvalue weighted by Gasteiger charge is 2.08. The largest absolute Gasteiger partial charge is 0.344 e. The fraction of sp³-hybridized carbons (Fsp3) is 0.733. The summed E-state index contributed by atoms with van der Waals surface area (Å²) < 4.78 is 0. The van der Waals surface area contributed by atoms with Gasteiger partial charge in [-0.3, -0.25) is 0 Å². The van der Waals surface area contributed by atoms with Gasteiger partial charge in [0.15, 0.2) is 0 Å². The van der Waals surface area contributed by atoms with E-state index in [2.05, 4.69) is 61.9 Å². The summed E-state index contributed by atoms with van der Waals surface area (Å²) in [5.74, 6) is 1.53. The van der Waals surface area contributed by atoms with Crippen LogP contribution in [0.3, 0.4) is 0 Å². The summed E-state index contributed by atoms with van der Waals surface area (Å²) in [5, 5.41) is 3.40. The van der Waals surface area contributed by atoms with E-state index in [0.29, 0.717) is 12.0 Å². The van der Waals surface area contributed by atoms with Crippen LogP contribution >= 0.6 is 0 Å². The van der Waals surface area contributed by atoms with Gasteiger partial charge in [-0.05, 0) is 19.3 Å². The molecule has 0 aliphatic rings. The molecule has 0 aliphatic heterocycles. The molecule has 0 amide bonds. The molecule has 4 heteroatoms. The van der Waals surface area contributed by atoms with Crippen molar-refractivity contribution in [2.24, 2.45) is 5.92 Å². The normalized spacial score (nSPS) is 11.4. The third-order valence-corrected chi connectivity index (χ3v) is 3.15. The van der Waals surface area contributed by atoms with Crippen molar-refractivity contribution in [2.75, 3.05) is 18.5 Å². The number of anilines is 1. The van der Waals surface area contributed by atoms with E-state index in [1.165, 1.54) is 5.56 Å². The zero-order valence-electron chi connectivity index (χ0n) is 13.2. The number of aromatic nitrogens is 2. The van der Waals surface area contributed by atoms with Gasteiger partial charge in [0.2, 0.25) is 5.95 Å². The number of rotatable bonds is 7. The molecular formula is C15H28N4. The molecule has 0 spiro atoms. The Kier molecular flexibility index (Phi) is 6.22. The second-order valence-corrected chi connectivity index (χ2v) is 5.92. The van der Waals surface area contributed by atoms with Crippen LogP contribution < -0.4 is 10.2 Å². The maximum absolute atomic E-state index is 4.60. The molecular weight excluding hydrogens is 236 g/mol.